The molecule has 0 amide bonds. The number of benzene rings is 1. The molecule has 4 heteroatoms. The molecule has 2 nitrogen and oxygen atoms in total. The molecule has 1 rings (SSSR count). The van der Waals surface area contributed by atoms with E-state index in [1.807, 2.05) is 32.9 Å². The average Bonchev–Trinajstić information content (AvgIpc) is 2.17. The SMILES string of the molecule is Cc1ccc(S(=O)(=O)CC(C)(C)CBr)cc1. The molecule has 0 aliphatic rings. The molecule has 0 unspecified atom stereocenters. The molecule has 0 heterocycles. The molecule has 0 saturated heterocycles. The summed E-state index contributed by atoms with van der Waals surface area (Å²) in [5.41, 5.74) is 0.822. The molecule has 0 radical (unpaired) electrons. The highest BCUT2D eigenvalue weighted by molar-refractivity contribution is 9.09. The molecule has 0 N–H and O–H groups in total. The van der Waals surface area contributed by atoms with Crippen LogP contribution in [0, 0.1) is 12.3 Å². The molecule has 0 aliphatic carbocycles. The Labute approximate surface area is 106 Å². The van der Waals surface area contributed by atoms with Crippen LogP contribution < -0.4 is 0 Å². The topological polar surface area (TPSA) is 34.1 Å². The molecular formula is C12H17BrO2S. The maximum atomic E-state index is 12.1. The summed E-state index contributed by atoms with van der Waals surface area (Å²) >= 11 is 3.34. The molecular weight excluding hydrogens is 288 g/mol. The van der Waals surface area contributed by atoms with Gasteiger partial charge in [0.2, 0.25) is 0 Å². The van der Waals surface area contributed by atoms with Gasteiger partial charge in [-0.3, -0.25) is 0 Å². The molecule has 0 fully saturated rings. The van der Waals surface area contributed by atoms with Crippen molar-refractivity contribution in [2.24, 2.45) is 5.41 Å². The van der Waals surface area contributed by atoms with Gasteiger partial charge in [-0.25, -0.2) is 8.42 Å². The van der Waals surface area contributed by atoms with Crippen molar-refractivity contribution >= 4 is 25.8 Å². The number of halogens is 1. The lowest BCUT2D eigenvalue weighted by Gasteiger charge is -2.21. The van der Waals surface area contributed by atoms with Crippen LogP contribution >= 0.6 is 15.9 Å². The van der Waals surface area contributed by atoms with Crippen LogP contribution in [0.3, 0.4) is 0 Å². The van der Waals surface area contributed by atoms with Gasteiger partial charge >= 0.3 is 0 Å². The highest BCUT2D eigenvalue weighted by atomic mass is 79.9. The minimum absolute atomic E-state index is 0.161. The van der Waals surface area contributed by atoms with E-state index in [0.717, 1.165) is 5.56 Å². The zero-order chi connectivity index (χ0) is 12.4. The van der Waals surface area contributed by atoms with Crippen molar-refractivity contribution < 1.29 is 8.42 Å². The minimum atomic E-state index is -3.18. The van der Waals surface area contributed by atoms with Gasteiger partial charge in [0.25, 0.3) is 0 Å². The lowest BCUT2D eigenvalue weighted by Crippen LogP contribution is -2.25. The van der Waals surface area contributed by atoms with Crippen LogP contribution in [-0.2, 0) is 9.84 Å². The molecule has 0 atom stereocenters. The third kappa shape index (κ3) is 3.59. The van der Waals surface area contributed by atoms with Crippen molar-refractivity contribution in [3.05, 3.63) is 29.8 Å². The van der Waals surface area contributed by atoms with Gasteiger partial charge < -0.3 is 0 Å². The summed E-state index contributed by atoms with van der Waals surface area (Å²) in [7, 11) is -3.18. The van der Waals surface area contributed by atoms with Gasteiger partial charge in [-0.1, -0.05) is 47.5 Å². The second-order valence-corrected chi connectivity index (χ2v) is 7.42. The first-order valence-electron chi connectivity index (χ1n) is 5.12. The summed E-state index contributed by atoms with van der Waals surface area (Å²) in [4.78, 5) is 0.409. The van der Waals surface area contributed by atoms with Crippen molar-refractivity contribution in [1.29, 1.82) is 0 Å². The summed E-state index contributed by atoms with van der Waals surface area (Å²) in [6.07, 6.45) is 0. The molecule has 1 aromatic rings. The molecule has 0 aliphatic heterocycles. The first-order chi connectivity index (χ1) is 7.27. The van der Waals surface area contributed by atoms with Crippen LogP contribution in [0.5, 0.6) is 0 Å². The van der Waals surface area contributed by atoms with E-state index in [-0.39, 0.29) is 11.2 Å². The fourth-order valence-corrected chi connectivity index (χ4v) is 3.69. The summed E-state index contributed by atoms with van der Waals surface area (Å²) in [6, 6.07) is 7.01. The lowest BCUT2D eigenvalue weighted by molar-refractivity contribution is 0.475. The van der Waals surface area contributed by atoms with Crippen LogP contribution in [0.2, 0.25) is 0 Å². The summed E-state index contributed by atoms with van der Waals surface area (Å²) in [5, 5.41) is 0.672. The van der Waals surface area contributed by atoms with E-state index in [9.17, 15) is 8.42 Å². The Morgan fingerprint density at radius 2 is 1.69 bits per heavy atom. The Balaban J connectivity index is 2.99. The van der Waals surface area contributed by atoms with Gasteiger partial charge in [0.1, 0.15) is 0 Å². The highest BCUT2D eigenvalue weighted by Gasteiger charge is 2.26. The number of hydrogen-bond acceptors (Lipinski definition) is 2. The Morgan fingerprint density at radius 3 is 2.12 bits per heavy atom. The quantitative estimate of drug-likeness (QED) is 0.801. The van der Waals surface area contributed by atoms with E-state index in [2.05, 4.69) is 15.9 Å². The molecule has 90 valence electrons. The first kappa shape index (κ1) is 13.7. The number of sulfone groups is 1. The van der Waals surface area contributed by atoms with Crippen molar-refractivity contribution in [2.45, 2.75) is 25.7 Å². The zero-order valence-corrected chi connectivity index (χ0v) is 12.2. The van der Waals surface area contributed by atoms with Gasteiger partial charge in [0.15, 0.2) is 9.84 Å². The summed E-state index contributed by atoms with van der Waals surface area (Å²) < 4.78 is 24.2. The van der Waals surface area contributed by atoms with Crippen molar-refractivity contribution in [3.63, 3.8) is 0 Å². The number of hydrogen-bond donors (Lipinski definition) is 0. The molecule has 0 bridgehead atoms. The molecule has 0 saturated carbocycles. The fourth-order valence-electron chi connectivity index (χ4n) is 1.38. The smallest absolute Gasteiger partial charge is 0.178 e. The third-order valence-corrected chi connectivity index (χ3v) is 5.99. The molecule has 0 aromatic heterocycles. The van der Waals surface area contributed by atoms with Gasteiger partial charge in [0, 0.05) is 5.33 Å². The van der Waals surface area contributed by atoms with Gasteiger partial charge in [0.05, 0.1) is 10.6 Å². The maximum Gasteiger partial charge on any atom is 0.178 e. The van der Waals surface area contributed by atoms with E-state index in [1.54, 1.807) is 12.1 Å². The van der Waals surface area contributed by atoms with Crippen LogP contribution in [0.15, 0.2) is 29.2 Å². The largest absolute Gasteiger partial charge is 0.224 e. The zero-order valence-electron chi connectivity index (χ0n) is 9.83. The van der Waals surface area contributed by atoms with Crippen LogP contribution in [0.1, 0.15) is 19.4 Å². The summed E-state index contributed by atoms with van der Waals surface area (Å²) in [5.74, 6) is 0.161. The van der Waals surface area contributed by atoms with Gasteiger partial charge in [-0.2, -0.15) is 0 Å². The van der Waals surface area contributed by atoms with Gasteiger partial charge in [-0.05, 0) is 24.5 Å². The second-order valence-electron chi connectivity index (χ2n) is 4.87. The standard InChI is InChI=1S/C12H17BrO2S/c1-10-4-6-11(7-5-10)16(14,15)9-12(2,3)8-13/h4-7H,8-9H2,1-3H3. The van der Waals surface area contributed by atoms with E-state index in [1.165, 1.54) is 0 Å². The molecule has 1 aromatic carbocycles. The second kappa shape index (κ2) is 4.88. The first-order valence-corrected chi connectivity index (χ1v) is 7.90. The summed E-state index contributed by atoms with van der Waals surface area (Å²) in [6.45, 7) is 5.82. The van der Waals surface area contributed by atoms with Gasteiger partial charge in [-0.15, -0.1) is 0 Å². The Kier molecular flexibility index (Phi) is 4.18. The van der Waals surface area contributed by atoms with Crippen molar-refractivity contribution in [1.82, 2.24) is 0 Å². The normalized spacial score (nSPS) is 12.8. The van der Waals surface area contributed by atoms with Crippen LogP contribution in [0.4, 0.5) is 0 Å². The Morgan fingerprint density at radius 1 is 1.19 bits per heavy atom. The van der Waals surface area contributed by atoms with E-state index >= 15 is 0 Å². The Bertz CT molecular complexity index is 446. The molecule has 16 heavy (non-hydrogen) atoms. The maximum absolute atomic E-state index is 12.1. The number of rotatable bonds is 4. The van der Waals surface area contributed by atoms with Crippen LogP contribution in [0.25, 0.3) is 0 Å². The monoisotopic (exact) mass is 304 g/mol. The highest BCUT2D eigenvalue weighted by Crippen LogP contribution is 2.24. The van der Waals surface area contributed by atoms with E-state index < -0.39 is 9.84 Å². The number of alkyl halides is 1. The van der Waals surface area contributed by atoms with E-state index in [0.29, 0.717) is 10.2 Å². The van der Waals surface area contributed by atoms with Crippen molar-refractivity contribution in [2.75, 3.05) is 11.1 Å². The fraction of sp³-hybridized carbons (Fsp3) is 0.500. The average molecular weight is 305 g/mol. The Hall–Kier alpha value is -0.350. The molecule has 0 spiro atoms. The predicted octanol–water partition coefficient (Wildman–Crippen LogP) is 3.19. The minimum Gasteiger partial charge on any atom is -0.224 e. The predicted molar refractivity (Wildman–Crippen MR) is 70.8 cm³/mol. The third-order valence-electron chi connectivity index (χ3n) is 2.32. The van der Waals surface area contributed by atoms with Crippen LogP contribution in [-0.4, -0.2) is 19.5 Å². The lowest BCUT2D eigenvalue weighted by atomic mass is 10.0. The number of aryl methyl sites for hydroxylation is 1. The van der Waals surface area contributed by atoms with Crippen molar-refractivity contribution in [3.8, 4) is 0 Å². The van der Waals surface area contributed by atoms with E-state index in [4.69, 9.17) is 0 Å².